The second kappa shape index (κ2) is 9.29. The number of aromatic nitrogens is 3. The van der Waals surface area contributed by atoms with Gasteiger partial charge in [-0.15, -0.1) is 10.2 Å². The van der Waals surface area contributed by atoms with Crippen molar-refractivity contribution in [3.63, 3.8) is 0 Å². The van der Waals surface area contributed by atoms with Crippen LogP contribution < -0.4 is 16.6 Å². The number of hydrazine groups is 1. The van der Waals surface area contributed by atoms with Crippen LogP contribution >= 0.6 is 0 Å². The third kappa shape index (κ3) is 5.66. The zero-order chi connectivity index (χ0) is 13.9. The first-order chi connectivity index (χ1) is 9.31. The molecule has 0 radical (unpaired) electrons. The topological polar surface area (TPSA) is 102 Å². The number of aliphatic imine (C=N–C) groups is 1. The van der Waals surface area contributed by atoms with Crippen LogP contribution in [0.25, 0.3) is 0 Å². The summed E-state index contributed by atoms with van der Waals surface area (Å²) in [5.74, 6) is 6.76. The van der Waals surface area contributed by atoms with Gasteiger partial charge in [0.15, 0.2) is 5.82 Å². The fraction of sp³-hybridized carbons (Fsp3) is 0.727. The molecule has 0 aliphatic heterocycles. The minimum absolute atomic E-state index is 0.436. The van der Waals surface area contributed by atoms with E-state index in [0.717, 1.165) is 38.5 Å². The Morgan fingerprint density at radius 2 is 2.37 bits per heavy atom. The van der Waals surface area contributed by atoms with Gasteiger partial charge in [0.1, 0.15) is 12.9 Å². The quantitative estimate of drug-likeness (QED) is 0.196. The minimum atomic E-state index is 0.436. The van der Waals surface area contributed by atoms with Crippen molar-refractivity contribution in [2.75, 3.05) is 19.8 Å². The van der Waals surface area contributed by atoms with E-state index in [0.29, 0.717) is 12.5 Å². The first-order valence-electron chi connectivity index (χ1n) is 6.51. The van der Waals surface area contributed by atoms with Gasteiger partial charge in [0.05, 0.1) is 0 Å². The lowest BCUT2D eigenvalue weighted by atomic mass is 10.4. The molecule has 1 aromatic rings. The summed E-state index contributed by atoms with van der Waals surface area (Å²) in [6.45, 7) is 7.49. The number of rotatable bonds is 8. The maximum Gasteiger partial charge on any atom is 0.206 e. The molecule has 0 aromatic carbocycles. The molecule has 1 heterocycles. The number of ether oxygens (including phenoxy) is 1. The molecule has 0 spiro atoms. The van der Waals surface area contributed by atoms with E-state index in [-0.39, 0.29) is 0 Å². The lowest BCUT2D eigenvalue weighted by Crippen LogP contribution is -2.42. The Balaban J connectivity index is 2.35. The van der Waals surface area contributed by atoms with Crippen LogP contribution in [0.5, 0.6) is 0 Å². The molecule has 8 heteroatoms. The molecule has 1 aromatic heterocycles. The second-order valence-corrected chi connectivity index (χ2v) is 3.82. The van der Waals surface area contributed by atoms with Gasteiger partial charge >= 0.3 is 0 Å². The number of aryl methyl sites for hydroxylation is 1. The fourth-order valence-electron chi connectivity index (χ4n) is 1.49. The van der Waals surface area contributed by atoms with Crippen LogP contribution in [-0.2, 0) is 17.8 Å². The predicted molar refractivity (Wildman–Crippen MR) is 73.3 cm³/mol. The monoisotopic (exact) mass is 269 g/mol. The van der Waals surface area contributed by atoms with Crippen LogP contribution in [0.3, 0.4) is 0 Å². The summed E-state index contributed by atoms with van der Waals surface area (Å²) in [6, 6.07) is 0. The van der Waals surface area contributed by atoms with Gasteiger partial charge in [-0.1, -0.05) is 0 Å². The highest BCUT2D eigenvalue weighted by Crippen LogP contribution is 1.96. The van der Waals surface area contributed by atoms with Crippen LogP contribution in [0.4, 0.5) is 0 Å². The highest BCUT2D eigenvalue weighted by Gasteiger charge is 2.02. The second-order valence-electron chi connectivity index (χ2n) is 3.82. The molecule has 8 nitrogen and oxygen atoms in total. The number of hydrogen-bond acceptors (Lipinski definition) is 5. The van der Waals surface area contributed by atoms with E-state index >= 15 is 0 Å². The molecule has 1 rings (SSSR count). The molecule has 0 unspecified atom stereocenters. The standard InChI is InChI=1S/C11H23N7O/c1-3-18-9-15-17-10(18)8-14-11(16-12)13-6-5-7-19-4-2/h9H,3-8,12H2,1-2H3,(H2,13,14,16). The van der Waals surface area contributed by atoms with Gasteiger partial charge < -0.3 is 14.6 Å². The highest BCUT2D eigenvalue weighted by atomic mass is 16.5. The third-order valence-electron chi connectivity index (χ3n) is 2.51. The number of nitrogens with one attached hydrogen (secondary N) is 2. The smallest absolute Gasteiger partial charge is 0.206 e. The fourth-order valence-corrected chi connectivity index (χ4v) is 1.49. The number of hydrogen-bond donors (Lipinski definition) is 3. The molecular weight excluding hydrogens is 246 g/mol. The Labute approximate surface area is 113 Å². The molecule has 0 saturated heterocycles. The van der Waals surface area contributed by atoms with Crippen molar-refractivity contribution >= 4 is 5.96 Å². The predicted octanol–water partition coefficient (Wildman–Crippen LogP) is -0.366. The minimum Gasteiger partial charge on any atom is -0.382 e. The molecule has 0 bridgehead atoms. The van der Waals surface area contributed by atoms with Crippen LogP contribution in [0.1, 0.15) is 26.1 Å². The van der Waals surface area contributed by atoms with Crippen molar-refractivity contribution in [1.29, 1.82) is 0 Å². The van der Waals surface area contributed by atoms with Gasteiger partial charge in [-0.3, -0.25) is 5.43 Å². The average molecular weight is 269 g/mol. The Morgan fingerprint density at radius 1 is 1.53 bits per heavy atom. The van der Waals surface area contributed by atoms with E-state index in [1.165, 1.54) is 0 Å². The zero-order valence-electron chi connectivity index (χ0n) is 11.6. The van der Waals surface area contributed by atoms with Gasteiger partial charge in [0.2, 0.25) is 5.96 Å². The summed E-state index contributed by atoms with van der Waals surface area (Å²) >= 11 is 0. The van der Waals surface area contributed by atoms with E-state index in [4.69, 9.17) is 10.6 Å². The maximum atomic E-state index is 5.41. The Hall–Kier alpha value is -1.67. The average Bonchev–Trinajstić information content (AvgIpc) is 2.89. The van der Waals surface area contributed by atoms with E-state index in [9.17, 15) is 0 Å². The molecule has 0 saturated carbocycles. The lowest BCUT2D eigenvalue weighted by Gasteiger charge is -2.09. The van der Waals surface area contributed by atoms with E-state index < -0.39 is 0 Å². The molecular formula is C11H23N7O. The first-order valence-corrected chi connectivity index (χ1v) is 6.51. The van der Waals surface area contributed by atoms with E-state index in [2.05, 4.69) is 25.9 Å². The van der Waals surface area contributed by atoms with Gasteiger partial charge in [0, 0.05) is 26.3 Å². The van der Waals surface area contributed by atoms with Crippen molar-refractivity contribution in [3.8, 4) is 0 Å². The van der Waals surface area contributed by atoms with Crippen LogP contribution in [0.2, 0.25) is 0 Å². The van der Waals surface area contributed by atoms with Crippen LogP contribution in [0, 0.1) is 0 Å². The van der Waals surface area contributed by atoms with Crippen LogP contribution in [-0.4, -0.2) is 40.5 Å². The molecule has 19 heavy (non-hydrogen) atoms. The summed E-state index contributed by atoms with van der Waals surface area (Å²) in [6.07, 6.45) is 2.59. The van der Waals surface area contributed by atoms with Gasteiger partial charge in [-0.25, -0.2) is 10.8 Å². The number of guanidine groups is 1. The Kier molecular flexibility index (Phi) is 7.52. The van der Waals surface area contributed by atoms with Crippen molar-refractivity contribution in [2.45, 2.75) is 33.4 Å². The van der Waals surface area contributed by atoms with Gasteiger partial charge in [0.25, 0.3) is 0 Å². The van der Waals surface area contributed by atoms with Crippen molar-refractivity contribution in [3.05, 3.63) is 12.2 Å². The first kappa shape index (κ1) is 15.4. The lowest BCUT2D eigenvalue weighted by molar-refractivity contribution is 0.145. The largest absolute Gasteiger partial charge is 0.382 e. The summed E-state index contributed by atoms with van der Waals surface area (Å²) < 4.78 is 7.18. The van der Waals surface area contributed by atoms with Crippen molar-refractivity contribution in [2.24, 2.45) is 10.8 Å². The molecule has 4 N–H and O–H groups in total. The molecule has 0 amide bonds. The maximum absolute atomic E-state index is 5.41. The van der Waals surface area contributed by atoms with E-state index in [1.807, 2.05) is 18.4 Å². The molecule has 108 valence electrons. The van der Waals surface area contributed by atoms with E-state index in [1.54, 1.807) is 6.33 Å². The van der Waals surface area contributed by atoms with Gasteiger partial charge in [-0.05, 0) is 20.3 Å². The van der Waals surface area contributed by atoms with Crippen LogP contribution in [0.15, 0.2) is 11.3 Å². The molecule has 0 aliphatic carbocycles. The summed E-state index contributed by atoms with van der Waals surface area (Å²) in [5.41, 5.74) is 2.53. The highest BCUT2D eigenvalue weighted by molar-refractivity contribution is 5.79. The summed E-state index contributed by atoms with van der Waals surface area (Å²) in [7, 11) is 0. The Morgan fingerprint density at radius 3 is 3.05 bits per heavy atom. The van der Waals surface area contributed by atoms with Gasteiger partial charge in [-0.2, -0.15) is 0 Å². The van der Waals surface area contributed by atoms with Crippen molar-refractivity contribution in [1.82, 2.24) is 25.5 Å². The SMILES string of the molecule is CCOCCCNC(=NCc1nncn1CC)NN. The summed E-state index contributed by atoms with van der Waals surface area (Å²) in [4.78, 5) is 4.32. The number of nitrogens with two attached hydrogens (primary N) is 1. The van der Waals surface area contributed by atoms with Crippen molar-refractivity contribution < 1.29 is 4.74 Å². The zero-order valence-corrected chi connectivity index (χ0v) is 11.6. The Bertz CT molecular complexity index is 377. The summed E-state index contributed by atoms with van der Waals surface area (Å²) in [5, 5.41) is 11.0. The molecule has 0 aliphatic rings. The normalized spacial score (nSPS) is 11.6. The molecule has 0 fully saturated rings. The molecule has 0 atom stereocenters. The number of nitrogens with zero attached hydrogens (tertiary/aromatic N) is 4. The third-order valence-corrected chi connectivity index (χ3v) is 2.51.